The number of hydrogen-bond acceptors (Lipinski definition) is 6. The van der Waals surface area contributed by atoms with Gasteiger partial charge in [-0.15, -0.1) is 0 Å². The van der Waals surface area contributed by atoms with E-state index in [4.69, 9.17) is 9.47 Å². The topological polar surface area (TPSA) is 99.0 Å². The van der Waals surface area contributed by atoms with E-state index in [1.165, 1.54) is 54.8 Å². The molecule has 0 atom stereocenters. The summed E-state index contributed by atoms with van der Waals surface area (Å²) in [5.74, 6) is 0.844. The number of anilines is 1. The molecule has 8 nitrogen and oxygen atoms in total. The van der Waals surface area contributed by atoms with E-state index in [0.717, 1.165) is 15.8 Å². The molecular formula is C24H23N3O5S2. The highest BCUT2D eigenvalue weighted by Crippen LogP contribution is 2.29. The summed E-state index contributed by atoms with van der Waals surface area (Å²) in [5.41, 5.74) is 2.62. The summed E-state index contributed by atoms with van der Waals surface area (Å²) in [7, 11) is 1.17. The number of nitrogens with one attached hydrogen (secondary N) is 1. The van der Waals surface area contributed by atoms with Crippen LogP contribution in [-0.4, -0.2) is 33.1 Å². The zero-order valence-corrected chi connectivity index (χ0v) is 20.7. The number of methoxy groups -OCH3 is 2. The lowest BCUT2D eigenvalue weighted by Crippen LogP contribution is -2.14. The highest BCUT2D eigenvalue weighted by molar-refractivity contribution is 7.92. The SMILES string of the molecule is COc1ccc(S(=O)(=O)Nc2ccc(C(=O)N=c3sc4c(C)ccc(OC)c4n3C)cc2)cc1. The maximum Gasteiger partial charge on any atom is 0.279 e. The molecule has 3 aromatic carbocycles. The average molecular weight is 498 g/mol. The van der Waals surface area contributed by atoms with E-state index >= 15 is 0 Å². The number of aryl methyl sites for hydroxylation is 2. The fourth-order valence-corrected chi connectivity index (χ4v) is 5.58. The number of carbonyl (C=O) groups is 1. The van der Waals surface area contributed by atoms with E-state index in [0.29, 0.717) is 27.6 Å². The Labute approximate surface area is 201 Å². The van der Waals surface area contributed by atoms with Crippen LogP contribution in [0.25, 0.3) is 10.2 Å². The van der Waals surface area contributed by atoms with Crippen LogP contribution in [0.1, 0.15) is 15.9 Å². The largest absolute Gasteiger partial charge is 0.497 e. The van der Waals surface area contributed by atoms with E-state index in [1.54, 1.807) is 19.2 Å². The highest BCUT2D eigenvalue weighted by Gasteiger charge is 2.15. The molecule has 4 rings (SSSR count). The minimum absolute atomic E-state index is 0.103. The zero-order chi connectivity index (χ0) is 24.5. The van der Waals surface area contributed by atoms with Crippen molar-refractivity contribution in [1.29, 1.82) is 0 Å². The molecule has 0 bridgehead atoms. The van der Waals surface area contributed by atoms with Crippen LogP contribution in [0.15, 0.2) is 70.6 Å². The third-order valence-corrected chi connectivity index (χ3v) is 7.94. The van der Waals surface area contributed by atoms with Gasteiger partial charge in [-0.1, -0.05) is 17.4 Å². The van der Waals surface area contributed by atoms with Crippen molar-refractivity contribution in [3.8, 4) is 11.5 Å². The molecule has 10 heteroatoms. The van der Waals surface area contributed by atoms with Gasteiger partial charge in [0.1, 0.15) is 17.0 Å². The Morgan fingerprint density at radius 2 is 1.65 bits per heavy atom. The monoisotopic (exact) mass is 497 g/mol. The van der Waals surface area contributed by atoms with Crippen molar-refractivity contribution >= 4 is 43.2 Å². The van der Waals surface area contributed by atoms with Crippen molar-refractivity contribution in [2.75, 3.05) is 18.9 Å². The molecule has 0 saturated heterocycles. The van der Waals surface area contributed by atoms with Gasteiger partial charge in [0.2, 0.25) is 0 Å². The number of fused-ring (bicyclic) bond motifs is 1. The standard InChI is InChI=1S/C24H23N3O5S2/c1-15-5-14-20(32-4)21-22(15)33-24(27(21)2)25-23(28)16-6-8-17(9-7-16)26-34(29,30)19-12-10-18(31-3)11-13-19/h5-14,26H,1-4H3. The molecule has 0 fully saturated rings. The molecule has 1 N–H and O–H groups in total. The lowest BCUT2D eigenvalue weighted by atomic mass is 10.2. The van der Waals surface area contributed by atoms with Gasteiger partial charge in [0, 0.05) is 18.3 Å². The zero-order valence-electron chi connectivity index (χ0n) is 19.0. The minimum atomic E-state index is -3.78. The van der Waals surface area contributed by atoms with Crippen LogP contribution in [0.4, 0.5) is 5.69 Å². The van der Waals surface area contributed by atoms with Gasteiger partial charge in [0.15, 0.2) is 4.80 Å². The summed E-state index contributed by atoms with van der Waals surface area (Å²) in [4.78, 5) is 17.7. The average Bonchev–Trinajstić information content (AvgIpc) is 3.16. The molecule has 1 aromatic heterocycles. The second-order valence-corrected chi connectivity index (χ2v) is 10.1. The molecule has 0 saturated carbocycles. The number of amides is 1. The normalized spacial score (nSPS) is 12.1. The van der Waals surface area contributed by atoms with Gasteiger partial charge in [-0.05, 0) is 67.1 Å². The molecule has 0 unspecified atom stereocenters. The van der Waals surface area contributed by atoms with Crippen LogP contribution in [0.5, 0.6) is 11.5 Å². The maximum absolute atomic E-state index is 12.8. The first-order chi connectivity index (χ1) is 16.2. The lowest BCUT2D eigenvalue weighted by molar-refractivity contribution is 0.0998. The third-order valence-electron chi connectivity index (χ3n) is 5.28. The number of thiazole rings is 1. The van der Waals surface area contributed by atoms with Crippen LogP contribution >= 0.6 is 11.3 Å². The first-order valence-corrected chi connectivity index (χ1v) is 12.5. The summed E-state index contributed by atoms with van der Waals surface area (Å²) in [6.07, 6.45) is 0. The number of rotatable bonds is 6. The predicted molar refractivity (Wildman–Crippen MR) is 132 cm³/mol. The van der Waals surface area contributed by atoms with Crippen LogP contribution in [-0.2, 0) is 17.1 Å². The van der Waals surface area contributed by atoms with Crippen molar-refractivity contribution in [2.45, 2.75) is 11.8 Å². The van der Waals surface area contributed by atoms with Gasteiger partial charge in [-0.2, -0.15) is 4.99 Å². The molecule has 0 aliphatic heterocycles. The Kier molecular flexibility index (Phi) is 6.45. The summed E-state index contributed by atoms with van der Waals surface area (Å²) in [6.45, 7) is 2.00. The number of benzene rings is 3. The number of ether oxygens (including phenoxy) is 2. The fraction of sp³-hybridized carbons (Fsp3) is 0.167. The first-order valence-electron chi connectivity index (χ1n) is 10.2. The number of nitrogens with zero attached hydrogens (tertiary/aromatic N) is 2. The molecule has 0 aliphatic carbocycles. The van der Waals surface area contributed by atoms with Gasteiger partial charge in [0.05, 0.1) is 23.8 Å². The van der Waals surface area contributed by atoms with Gasteiger partial charge < -0.3 is 14.0 Å². The summed E-state index contributed by atoms with van der Waals surface area (Å²) < 4.78 is 41.1. The molecule has 0 spiro atoms. The third kappa shape index (κ3) is 4.55. The number of sulfonamides is 1. The number of carbonyl (C=O) groups excluding carboxylic acids is 1. The van der Waals surface area contributed by atoms with Crippen molar-refractivity contribution in [3.63, 3.8) is 0 Å². The van der Waals surface area contributed by atoms with Crippen LogP contribution in [0.2, 0.25) is 0 Å². The lowest BCUT2D eigenvalue weighted by Gasteiger charge is -2.09. The number of aromatic nitrogens is 1. The quantitative estimate of drug-likeness (QED) is 0.432. The molecule has 0 aliphatic rings. The molecular weight excluding hydrogens is 474 g/mol. The van der Waals surface area contributed by atoms with E-state index in [2.05, 4.69) is 9.71 Å². The van der Waals surface area contributed by atoms with Gasteiger partial charge in [0.25, 0.3) is 15.9 Å². The molecule has 176 valence electrons. The van der Waals surface area contributed by atoms with E-state index in [1.807, 2.05) is 30.7 Å². The smallest absolute Gasteiger partial charge is 0.279 e. The maximum atomic E-state index is 12.8. The second kappa shape index (κ2) is 9.32. The highest BCUT2D eigenvalue weighted by atomic mass is 32.2. The Hall–Kier alpha value is -3.63. The van der Waals surface area contributed by atoms with Gasteiger partial charge >= 0.3 is 0 Å². The first kappa shape index (κ1) is 23.5. The van der Waals surface area contributed by atoms with Crippen molar-refractivity contribution in [3.05, 3.63) is 76.6 Å². The molecule has 4 aromatic rings. The second-order valence-electron chi connectivity index (χ2n) is 7.48. The predicted octanol–water partition coefficient (Wildman–Crippen LogP) is 4.11. The van der Waals surface area contributed by atoms with Gasteiger partial charge in [-0.3, -0.25) is 9.52 Å². The van der Waals surface area contributed by atoms with E-state index < -0.39 is 15.9 Å². The Balaban J connectivity index is 1.58. The molecule has 34 heavy (non-hydrogen) atoms. The van der Waals surface area contributed by atoms with Crippen molar-refractivity contribution in [1.82, 2.24) is 4.57 Å². The van der Waals surface area contributed by atoms with Crippen LogP contribution in [0.3, 0.4) is 0 Å². The Morgan fingerprint density at radius 3 is 2.26 bits per heavy atom. The fourth-order valence-electron chi connectivity index (χ4n) is 3.42. The number of hydrogen-bond donors (Lipinski definition) is 1. The Bertz CT molecular complexity index is 1530. The van der Waals surface area contributed by atoms with Crippen molar-refractivity contribution < 1.29 is 22.7 Å². The molecule has 1 heterocycles. The Morgan fingerprint density at radius 1 is 0.971 bits per heavy atom. The molecule has 0 radical (unpaired) electrons. The molecule has 1 amide bonds. The minimum Gasteiger partial charge on any atom is -0.497 e. The summed E-state index contributed by atoms with van der Waals surface area (Å²) >= 11 is 1.41. The van der Waals surface area contributed by atoms with Crippen LogP contribution in [0, 0.1) is 6.92 Å². The summed E-state index contributed by atoms with van der Waals surface area (Å²) in [5, 5.41) is 0. The van der Waals surface area contributed by atoms with E-state index in [9.17, 15) is 13.2 Å². The van der Waals surface area contributed by atoms with Gasteiger partial charge in [-0.25, -0.2) is 8.42 Å². The summed E-state index contributed by atoms with van der Waals surface area (Å²) in [6, 6.07) is 16.1. The van der Waals surface area contributed by atoms with Crippen LogP contribution < -0.4 is 19.0 Å². The van der Waals surface area contributed by atoms with E-state index in [-0.39, 0.29) is 4.90 Å². The van der Waals surface area contributed by atoms with Crippen molar-refractivity contribution in [2.24, 2.45) is 12.0 Å².